The molecule has 0 spiro atoms. The maximum atomic E-state index is 12.3. The van der Waals surface area contributed by atoms with Crippen LogP contribution in [0.1, 0.15) is 22.3 Å². The second kappa shape index (κ2) is 17.1. The van der Waals surface area contributed by atoms with E-state index in [-0.39, 0.29) is 32.3 Å². The molecule has 0 saturated carbocycles. The summed E-state index contributed by atoms with van der Waals surface area (Å²) < 4.78 is 74.5. The Labute approximate surface area is 311 Å². The van der Waals surface area contributed by atoms with Crippen LogP contribution in [0.3, 0.4) is 0 Å². The molecule has 4 aromatic rings. The zero-order valence-corrected chi connectivity index (χ0v) is 31.6. The highest BCUT2D eigenvalue weighted by Gasteiger charge is 2.31. The fraction of sp³-hybridized carbons (Fsp3) is 0.176. The van der Waals surface area contributed by atoms with Crippen molar-refractivity contribution < 1.29 is 46.0 Å². The first-order valence-electron chi connectivity index (χ1n) is 15.1. The van der Waals surface area contributed by atoms with Gasteiger partial charge in [0.1, 0.15) is 21.3 Å². The molecular formula is C34H35ClN6O10S2. The number of halogens is 1. The van der Waals surface area contributed by atoms with Gasteiger partial charge in [0.05, 0.1) is 40.9 Å². The maximum Gasteiger partial charge on any atom is 0.285 e. The number of phenolic OH excluding ortho intramolecular Hbond substituents is 2. The number of hydrogen-bond donors (Lipinski definition) is 3. The maximum absolute atomic E-state index is 12.3. The monoisotopic (exact) mass is 786 g/mol. The van der Waals surface area contributed by atoms with E-state index >= 15 is 0 Å². The summed E-state index contributed by atoms with van der Waals surface area (Å²) >= 11 is 5.65. The van der Waals surface area contributed by atoms with Crippen LogP contribution in [0.4, 0.5) is 0 Å². The summed E-state index contributed by atoms with van der Waals surface area (Å²) in [6.45, 7) is 0. The van der Waals surface area contributed by atoms with Crippen LogP contribution in [0.2, 0.25) is 0 Å². The van der Waals surface area contributed by atoms with Gasteiger partial charge in [-0.2, -0.15) is 27.0 Å². The molecule has 19 heteroatoms. The summed E-state index contributed by atoms with van der Waals surface area (Å²) in [7, 11) is 1.80. The van der Waals surface area contributed by atoms with Crippen LogP contribution in [-0.4, -0.2) is 98.0 Å². The average molecular weight is 787 g/mol. The molecule has 280 valence electrons. The Morgan fingerprint density at radius 1 is 0.698 bits per heavy atom. The molecule has 0 atom stereocenters. The third-order valence-electron chi connectivity index (χ3n) is 7.24. The van der Waals surface area contributed by atoms with E-state index in [2.05, 4.69) is 24.4 Å². The number of phenols is 2. The number of nitrogens with zero attached hydrogens (tertiary/aromatic N) is 5. The number of benzene rings is 4. The molecule has 0 aliphatic carbocycles. The molecule has 53 heavy (non-hydrogen) atoms. The number of ether oxygens (including phenoxy) is 4. The van der Waals surface area contributed by atoms with Gasteiger partial charge in [0.25, 0.3) is 20.0 Å². The Hall–Kier alpha value is -5.85. The number of amidine groups is 1. The summed E-state index contributed by atoms with van der Waals surface area (Å²) in [5, 5.41) is 28.3. The molecule has 0 aromatic heterocycles. The van der Waals surface area contributed by atoms with E-state index in [1.165, 1.54) is 57.9 Å². The van der Waals surface area contributed by atoms with Crippen molar-refractivity contribution in [2.24, 2.45) is 19.0 Å². The number of hydrazone groups is 2. The van der Waals surface area contributed by atoms with E-state index in [0.717, 1.165) is 5.56 Å². The van der Waals surface area contributed by atoms with Gasteiger partial charge in [-0.1, -0.05) is 11.6 Å². The van der Waals surface area contributed by atoms with Gasteiger partial charge in [-0.15, -0.1) is 8.80 Å². The minimum atomic E-state index is -3.79. The van der Waals surface area contributed by atoms with Crippen molar-refractivity contribution in [2.75, 3.05) is 42.5 Å². The first-order chi connectivity index (χ1) is 25.2. The highest BCUT2D eigenvalue weighted by Crippen LogP contribution is 2.32. The normalized spacial score (nSPS) is 14.4. The number of methoxy groups -OCH3 is 4. The van der Waals surface area contributed by atoms with Crippen LogP contribution in [0.25, 0.3) is 0 Å². The topological polar surface area (TPSA) is 210 Å². The SMILES string of the molecule is CN/N=C/c1ccc(O)c(OC)c1.COc1ccc2c(c1)S(=O)(=O)N=C2Cl.COc1ccc2c(c1)S(=O)(=O)N=C2N(C)/N=C/c1ccc(O)c(OC)c1. The van der Waals surface area contributed by atoms with Crippen LogP contribution < -0.4 is 24.4 Å². The summed E-state index contributed by atoms with van der Waals surface area (Å²) in [4.78, 5) is 0.182. The van der Waals surface area contributed by atoms with E-state index in [9.17, 15) is 27.0 Å². The quantitative estimate of drug-likeness (QED) is 0.170. The molecule has 2 aliphatic heterocycles. The minimum absolute atomic E-state index is 0.00246. The third-order valence-corrected chi connectivity index (χ3v) is 10.3. The molecule has 0 radical (unpaired) electrons. The lowest BCUT2D eigenvalue weighted by atomic mass is 10.2. The van der Waals surface area contributed by atoms with E-state index in [1.54, 1.807) is 74.9 Å². The van der Waals surface area contributed by atoms with Crippen molar-refractivity contribution in [3.63, 3.8) is 0 Å². The first kappa shape index (κ1) is 39.9. The molecule has 2 heterocycles. The van der Waals surface area contributed by atoms with Crippen molar-refractivity contribution >= 4 is 55.1 Å². The van der Waals surface area contributed by atoms with E-state index in [0.29, 0.717) is 39.7 Å². The minimum Gasteiger partial charge on any atom is -0.504 e. The molecular weight excluding hydrogens is 752 g/mol. The van der Waals surface area contributed by atoms with Gasteiger partial charge >= 0.3 is 0 Å². The van der Waals surface area contributed by atoms with Crippen molar-refractivity contribution in [3.8, 4) is 34.5 Å². The molecule has 16 nitrogen and oxygen atoms in total. The number of sulfonamides is 2. The summed E-state index contributed by atoms with van der Waals surface area (Å²) in [6.07, 6.45) is 3.15. The smallest absolute Gasteiger partial charge is 0.285 e. The second-order valence-electron chi connectivity index (χ2n) is 10.6. The number of rotatable bonds is 8. The largest absolute Gasteiger partial charge is 0.504 e. The van der Waals surface area contributed by atoms with Crippen molar-refractivity contribution in [2.45, 2.75) is 9.79 Å². The average Bonchev–Trinajstić information content (AvgIpc) is 3.56. The van der Waals surface area contributed by atoms with Gasteiger partial charge < -0.3 is 34.6 Å². The van der Waals surface area contributed by atoms with Crippen molar-refractivity contribution in [3.05, 3.63) is 95.1 Å². The molecule has 0 unspecified atom stereocenters. The number of aromatic hydroxyl groups is 2. The zero-order chi connectivity index (χ0) is 38.9. The van der Waals surface area contributed by atoms with Gasteiger partial charge in [0.2, 0.25) is 0 Å². The van der Waals surface area contributed by atoms with Crippen LogP contribution in [0.15, 0.2) is 102 Å². The molecule has 6 rings (SSSR count). The Bertz CT molecular complexity index is 2330. The van der Waals surface area contributed by atoms with E-state index in [1.807, 2.05) is 0 Å². The summed E-state index contributed by atoms with van der Waals surface area (Å²) in [5.74, 6) is 2.02. The van der Waals surface area contributed by atoms with Crippen LogP contribution in [-0.2, 0) is 20.0 Å². The van der Waals surface area contributed by atoms with Gasteiger partial charge in [0, 0.05) is 37.4 Å². The highest BCUT2D eigenvalue weighted by molar-refractivity contribution is 7.91. The summed E-state index contributed by atoms with van der Waals surface area (Å²) in [6, 6.07) is 19.1. The summed E-state index contributed by atoms with van der Waals surface area (Å²) in [5.41, 5.74) is 5.04. The predicted molar refractivity (Wildman–Crippen MR) is 201 cm³/mol. The van der Waals surface area contributed by atoms with Gasteiger partial charge in [0.15, 0.2) is 34.0 Å². The molecule has 0 saturated heterocycles. The molecule has 3 N–H and O–H groups in total. The van der Waals surface area contributed by atoms with Gasteiger partial charge in [-0.25, -0.2) is 5.01 Å². The number of hydrogen-bond acceptors (Lipinski definition) is 14. The first-order valence-corrected chi connectivity index (χ1v) is 18.4. The number of fused-ring (bicyclic) bond motifs is 2. The Morgan fingerprint density at radius 2 is 1.19 bits per heavy atom. The lowest BCUT2D eigenvalue weighted by Crippen LogP contribution is -2.21. The van der Waals surface area contributed by atoms with Gasteiger partial charge in [-0.3, -0.25) is 0 Å². The van der Waals surface area contributed by atoms with Crippen LogP contribution in [0.5, 0.6) is 34.5 Å². The molecule has 0 bridgehead atoms. The van der Waals surface area contributed by atoms with Crippen molar-refractivity contribution in [1.82, 2.24) is 10.4 Å². The Morgan fingerprint density at radius 3 is 1.70 bits per heavy atom. The number of nitrogens with one attached hydrogen (secondary N) is 1. The highest BCUT2D eigenvalue weighted by atomic mass is 35.5. The lowest BCUT2D eigenvalue weighted by molar-refractivity contribution is 0.373. The van der Waals surface area contributed by atoms with E-state index < -0.39 is 20.0 Å². The van der Waals surface area contributed by atoms with Crippen LogP contribution in [0, 0.1) is 0 Å². The zero-order valence-electron chi connectivity index (χ0n) is 29.2. The molecule has 4 aromatic carbocycles. The second-order valence-corrected chi connectivity index (χ2v) is 14.1. The third kappa shape index (κ3) is 9.53. The van der Waals surface area contributed by atoms with E-state index in [4.69, 9.17) is 30.5 Å². The fourth-order valence-corrected chi connectivity index (χ4v) is 7.44. The van der Waals surface area contributed by atoms with Crippen LogP contribution >= 0.6 is 11.6 Å². The molecule has 2 aliphatic rings. The molecule has 0 fully saturated rings. The lowest BCUT2D eigenvalue weighted by Gasteiger charge is -2.13. The standard InChI is InChI=1S/C17H17N3O5S.C9H12N2O2.C8H6ClNO3S/c1-20(18-10-11-4-7-14(21)15(8-11)25-3)17-13-6-5-12(24-2)9-16(13)26(22,23)19-17;1-10-11-6-7-3-4-8(12)9(5-7)13-2;1-13-5-2-3-6-7(4-5)14(11,12)10-8(6)9/h4-10,21H,1-3H3;3-6,10,12H,1-2H3;2-4H,1H3/b18-10+;11-6+;. The predicted octanol–water partition coefficient (Wildman–Crippen LogP) is 4.16. The molecule has 0 amide bonds. The van der Waals surface area contributed by atoms with Gasteiger partial charge in [-0.05, 0) is 71.8 Å². The Balaban J connectivity index is 0.000000196. The Kier molecular flexibility index (Phi) is 12.9. The van der Waals surface area contributed by atoms with Crippen molar-refractivity contribution in [1.29, 1.82) is 0 Å². The fourth-order valence-electron chi connectivity index (χ4n) is 4.59.